The van der Waals surface area contributed by atoms with Crippen LogP contribution in [-0.2, 0) is 0 Å². The number of benzene rings is 12. The lowest BCUT2D eigenvalue weighted by Gasteiger charge is -2.27. The lowest BCUT2D eigenvalue weighted by Crippen LogP contribution is -2.14. The van der Waals surface area contributed by atoms with Gasteiger partial charge in [-0.3, -0.25) is 0 Å². The molecule has 0 N–H and O–H groups in total. The third kappa shape index (κ3) is 6.20. The second-order valence-corrected chi connectivity index (χ2v) is 24.3. The number of aromatic nitrogens is 4. The summed E-state index contributed by atoms with van der Waals surface area (Å²) in [6, 6.07) is 85.9. The number of nitrogens with zero attached hydrogens (tertiary/aromatic N) is 6. The van der Waals surface area contributed by atoms with Gasteiger partial charge in [0.15, 0.2) is 0 Å². The maximum absolute atomic E-state index is 13.0. The Hall–Kier alpha value is -10.7. The largest absolute Gasteiger partial charge is 0.317 e. The minimum absolute atomic E-state index is 0.365. The van der Waals surface area contributed by atoms with E-state index >= 15 is 0 Å². The van der Waals surface area contributed by atoms with E-state index in [1.54, 1.807) is 22.7 Å². The van der Waals surface area contributed by atoms with Gasteiger partial charge in [-0.05, 0) is 96.8 Å². The van der Waals surface area contributed by atoms with Crippen LogP contribution in [0.15, 0.2) is 231 Å². The van der Waals surface area contributed by atoms with Crippen molar-refractivity contribution < 1.29 is 0 Å². The van der Waals surface area contributed by atoms with E-state index < -0.39 is 0 Å². The topological polar surface area (TPSA) is 47.9 Å². The summed E-state index contributed by atoms with van der Waals surface area (Å²) in [4.78, 5) is 4.95. The van der Waals surface area contributed by atoms with E-state index in [9.17, 15) is 11.8 Å². The zero-order valence-electron chi connectivity index (χ0n) is 45.4. The van der Waals surface area contributed by atoms with Crippen molar-refractivity contribution in [3.8, 4) is 39.9 Å². The van der Waals surface area contributed by atoms with E-state index in [2.05, 4.69) is 269 Å². The number of para-hydroxylation sites is 4. The zero-order chi connectivity index (χ0) is 55.6. The van der Waals surface area contributed by atoms with Gasteiger partial charge in [-0.2, -0.15) is 5.26 Å². The Labute approximate surface area is 488 Å². The van der Waals surface area contributed by atoms with Gasteiger partial charge in [0.1, 0.15) is 6.07 Å². The quantitative estimate of drug-likeness (QED) is 0.158. The molecule has 0 unspecified atom stereocenters. The molecule has 0 spiro atoms. The molecule has 0 fully saturated rings. The van der Waals surface area contributed by atoms with Crippen molar-refractivity contribution in [2.45, 2.75) is 13.8 Å². The molecule has 6 aromatic heterocycles. The first kappa shape index (κ1) is 47.0. The fourth-order valence-electron chi connectivity index (χ4n) is 14.2. The summed E-state index contributed by atoms with van der Waals surface area (Å²) in [5.74, 6) is 0. The first-order chi connectivity index (χ1) is 41.5. The fourth-order valence-corrected chi connectivity index (χ4v) is 16.7. The van der Waals surface area contributed by atoms with Crippen LogP contribution in [0, 0.1) is 31.8 Å². The van der Waals surface area contributed by atoms with Crippen LogP contribution in [0.4, 0.5) is 5.69 Å². The van der Waals surface area contributed by atoms with Crippen LogP contribution in [0.25, 0.3) is 166 Å². The minimum Gasteiger partial charge on any atom is -0.317 e. The molecule has 0 saturated heterocycles. The number of rotatable bonds is 5. The first-order valence-electron chi connectivity index (χ1n) is 28.3. The molecule has 0 atom stereocenters. The van der Waals surface area contributed by atoms with E-state index in [0.29, 0.717) is 28.3 Å². The summed E-state index contributed by atoms with van der Waals surface area (Å²) in [7, 11) is 0. The second-order valence-electron chi connectivity index (χ2n) is 22.2. The van der Waals surface area contributed by atoms with Gasteiger partial charge >= 0.3 is 0 Å². The van der Waals surface area contributed by atoms with Crippen molar-refractivity contribution in [1.82, 2.24) is 18.3 Å². The van der Waals surface area contributed by atoms with E-state index in [1.165, 1.54) is 25.7 Å². The van der Waals surface area contributed by atoms with Crippen LogP contribution < -0.4 is 0 Å². The fraction of sp³-hybridized carbons (Fsp3) is 0.0263. The summed E-state index contributed by atoms with van der Waals surface area (Å²) in [6.07, 6.45) is 0. The van der Waals surface area contributed by atoms with E-state index in [4.69, 9.17) is 4.85 Å². The minimum atomic E-state index is 0.365. The number of aryl methyl sites for hydroxylation is 2. The van der Waals surface area contributed by atoms with Crippen LogP contribution in [0.2, 0.25) is 0 Å². The van der Waals surface area contributed by atoms with Gasteiger partial charge in [-0.15, -0.1) is 22.7 Å². The highest BCUT2D eigenvalue weighted by molar-refractivity contribution is 7.27. The summed E-state index contributed by atoms with van der Waals surface area (Å²) in [5, 5.41) is 26.2. The lowest BCUT2D eigenvalue weighted by atomic mass is 10.0. The normalized spacial score (nSPS) is 12.1. The Morgan fingerprint density at radius 1 is 0.345 bits per heavy atom. The highest BCUT2D eigenvalue weighted by atomic mass is 32.1. The molecule has 0 aliphatic carbocycles. The molecule has 390 valence electrons. The molecule has 8 heteroatoms. The Kier molecular flexibility index (Phi) is 9.72. The lowest BCUT2D eigenvalue weighted by molar-refractivity contribution is 1.03. The van der Waals surface area contributed by atoms with Gasteiger partial charge in [0.2, 0.25) is 5.69 Å². The zero-order valence-corrected chi connectivity index (χ0v) is 47.1. The predicted octanol–water partition coefficient (Wildman–Crippen LogP) is 21.5. The van der Waals surface area contributed by atoms with Crippen molar-refractivity contribution in [2.24, 2.45) is 0 Å². The Morgan fingerprint density at radius 2 is 0.774 bits per heavy atom. The van der Waals surface area contributed by atoms with Gasteiger partial charge in [0.05, 0.1) is 88.4 Å². The molecule has 0 amide bonds. The van der Waals surface area contributed by atoms with Gasteiger partial charge in [-0.25, -0.2) is 4.85 Å². The molecule has 6 heterocycles. The van der Waals surface area contributed by atoms with E-state index in [-0.39, 0.29) is 0 Å². The van der Waals surface area contributed by atoms with Gasteiger partial charge in [0, 0.05) is 74.0 Å². The van der Waals surface area contributed by atoms with Crippen LogP contribution in [0.3, 0.4) is 0 Å². The van der Waals surface area contributed by atoms with E-state index in [1.807, 2.05) is 0 Å². The smallest absolute Gasteiger partial charge is 0.237 e. The second kappa shape index (κ2) is 17.4. The highest BCUT2D eigenvalue weighted by Crippen LogP contribution is 2.54. The maximum atomic E-state index is 13.0. The summed E-state index contributed by atoms with van der Waals surface area (Å²) in [6.45, 7) is 14.5. The number of hydrogen-bond donors (Lipinski definition) is 0. The van der Waals surface area contributed by atoms with Gasteiger partial charge < -0.3 is 18.3 Å². The van der Waals surface area contributed by atoms with Crippen LogP contribution >= 0.6 is 22.7 Å². The molecule has 6 nitrogen and oxygen atoms in total. The van der Waals surface area contributed by atoms with Crippen molar-refractivity contribution >= 4 is 156 Å². The molecular formula is C76H44N6S2. The first-order valence-corrected chi connectivity index (χ1v) is 29.9. The van der Waals surface area contributed by atoms with Gasteiger partial charge in [-0.1, -0.05) is 170 Å². The van der Waals surface area contributed by atoms with Crippen molar-refractivity contribution in [2.75, 3.05) is 0 Å². The summed E-state index contributed by atoms with van der Waals surface area (Å²) >= 11 is 3.57. The molecule has 18 rings (SSSR count). The number of thiophene rings is 2. The molecule has 84 heavy (non-hydrogen) atoms. The molecule has 0 saturated carbocycles. The average molecular weight is 1110 g/mol. The average Bonchev–Trinajstić information content (AvgIpc) is 1.54. The number of hydrogen-bond acceptors (Lipinski definition) is 3. The third-order valence-corrected chi connectivity index (χ3v) is 20.3. The predicted molar refractivity (Wildman–Crippen MR) is 355 cm³/mol. The SMILES string of the molecule is [C-]#[N+]c1c(-n2c3ccccc3c3ccccc32)c(-n2c3cc(C)c(C)cc3c3ccc4c5ccccc5sc4c32)c(-n2c3ccccc3c3ccccc32)c(C#N)c1-n1c2ccc(-c3ccccc3)cc2c2ccc3c4ccccc4sc3c21. The Morgan fingerprint density at radius 3 is 1.30 bits per heavy atom. The van der Waals surface area contributed by atoms with Crippen LogP contribution in [0.1, 0.15) is 16.7 Å². The Balaban J connectivity index is 1.17. The van der Waals surface area contributed by atoms with Crippen molar-refractivity contribution in [3.63, 3.8) is 0 Å². The van der Waals surface area contributed by atoms with Crippen molar-refractivity contribution in [3.05, 3.63) is 259 Å². The molecule has 18 aromatic rings. The number of nitriles is 1. The third-order valence-electron chi connectivity index (χ3n) is 17.9. The van der Waals surface area contributed by atoms with Crippen LogP contribution in [0.5, 0.6) is 0 Å². The standard InChI is InChI=1S/C76H44N6S2/c1-43-39-57-53-34-36-56-52-26-12-18-32-67(52)84-76(56)72(53)82(65(57)40-44(43)2)74-70(79-60-27-13-7-21-47(60)48-22-8-14-28-61(48)79)59(42-77)69(68(78-3)73(74)80-62-29-15-9-23-49(62)50-24-10-16-30-63(50)80)81-64-38-33-46(45-19-5-4-6-20-45)41-58(64)54-35-37-55-51-25-11-17-31-66(51)83-75(55)71(54)81/h4-41H,1-2H3. The Bertz CT molecular complexity index is 5780. The molecule has 0 aliphatic rings. The molecule has 12 aromatic carbocycles. The molecule has 0 radical (unpaired) electrons. The van der Waals surface area contributed by atoms with Gasteiger partial charge in [0.25, 0.3) is 0 Å². The summed E-state index contributed by atoms with van der Waals surface area (Å²) in [5.41, 5.74) is 15.6. The van der Waals surface area contributed by atoms with E-state index in [0.717, 1.165) is 130 Å². The van der Waals surface area contributed by atoms with Crippen LogP contribution in [-0.4, -0.2) is 18.3 Å². The highest BCUT2D eigenvalue weighted by Gasteiger charge is 2.36. The molecule has 0 aliphatic heterocycles. The molecular weight excluding hydrogens is 1060 g/mol. The molecule has 0 bridgehead atoms. The monoisotopic (exact) mass is 1100 g/mol. The number of fused-ring (bicyclic) bond motifs is 20. The maximum Gasteiger partial charge on any atom is 0.237 e. The summed E-state index contributed by atoms with van der Waals surface area (Å²) < 4.78 is 14.1. The van der Waals surface area contributed by atoms with Crippen molar-refractivity contribution in [1.29, 1.82) is 5.26 Å².